The van der Waals surface area contributed by atoms with E-state index in [1.165, 1.54) is 31.3 Å². The predicted octanol–water partition coefficient (Wildman–Crippen LogP) is 2.46. The van der Waals surface area contributed by atoms with Gasteiger partial charge in [0, 0.05) is 13.5 Å². The van der Waals surface area contributed by atoms with Crippen LogP contribution in [0, 0.1) is 0 Å². The van der Waals surface area contributed by atoms with Crippen molar-refractivity contribution in [2.75, 3.05) is 27.4 Å². The molecule has 0 bridgehead atoms. The molecule has 0 saturated carbocycles. The first-order valence-electron chi connectivity index (χ1n) is 9.65. The van der Waals surface area contributed by atoms with Gasteiger partial charge in [-0.3, -0.25) is 9.69 Å². The molecule has 2 aliphatic heterocycles. The third-order valence-electron chi connectivity index (χ3n) is 4.94. The number of nitrogens with zero attached hydrogens (tertiary/aromatic N) is 2. The molecular weight excluding hydrogens is 433 g/mol. The maximum Gasteiger partial charge on any atom is 0.573 e. The molecule has 9 nitrogen and oxygen atoms in total. The second kappa shape index (κ2) is 9.47. The van der Waals surface area contributed by atoms with Gasteiger partial charge in [-0.15, -0.1) is 13.2 Å². The number of amidine groups is 1. The van der Waals surface area contributed by atoms with Crippen molar-refractivity contribution >= 4 is 17.8 Å². The van der Waals surface area contributed by atoms with E-state index in [-0.39, 0.29) is 24.8 Å². The Kier molecular flexibility index (Phi) is 6.92. The number of piperazine rings is 1. The van der Waals surface area contributed by atoms with Gasteiger partial charge in [-0.05, 0) is 24.6 Å². The van der Waals surface area contributed by atoms with Gasteiger partial charge >= 0.3 is 12.4 Å². The molecule has 1 saturated heterocycles. The highest BCUT2D eigenvalue weighted by Crippen LogP contribution is 2.26. The van der Waals surface area contributed by atoms with E-state index < -0.39 is 24.5 Å². The predicted molar refractivity (Wildman–Crippen MR) is 107 cm³/mol. The van der Waals surface area contributed by atoms with E-state index in [1.54, 1.807) is 6.92 Å². The lowest BCUT2D eigenvalue weighted by atomic mass is 10.0. The van der Waals surface area contributed by atoms with Crippen molar-refractivity contribution in [3.8, 4) is 5.75 Å². The second-order valence-corrected chi connectivity index (χ2v) is 7.17. The van der Waals surface area contributed by atoms with Gasteiger partial charge in [-0.1, -0.05) is 12.1 Å². The maximum absolute atomic E-state index is 13.0. The van der Waals surface area contributed by atoms with Crippen LogP contribution in [0.25, 0.3) is 0 Å². The zero-order valence-electron chi connectivity index (χ0n) is 17.7. The van der Waals surface area contributed by atoms with Gasteiger partial charge in [0.05, 0.1) is 31.5 Å². The molecule has 3 amide bonds. The van der Waals surface area contributed by atoms with Crippen LogP contribution in [0.4, 0.5) is 18.0 Å². The summed E-state index contributed by atoms with van der Waals surface area (Å²) in [4.78, 5) is 30.9. The number of ether oxygens (including phenoxy) is 3. The summed E-state index contributed by atoms with van der Waals surface area (Å²) in [6.45, 7) is 1.57. The number of carbonyl (C=O) groups excluding carboxylic acids is 2. The highest BCUT2D eigenvalue weighted by atomic mass is 19.4. The van der Waals surface area contributed by atoms with Gasteiger partial charge < -0.3 is 24.8 Å². The molecule has 12 heteroatoms. The van der Waals surface area contributed by atoms with Crippen LogP contribution >= 0.6 is 0 Å². The van der Waals surface area contributed by atoms with E-state index in [2.05, 4.69) is 20.4 Å². The van der Waals surface area contributed by atoms with Gasteiger partial charge in [0.25, 0.3) is 0 Å². The Labute approximate surface area is 182 Å². The van der Waals surface area contributed by atoms with Crippen molar-refractivity contribution in [1.29, 1.82) is 0 Å². The Hall–Kier alpha value is -3.28. The number of hydrogen-bond acceptors (Lipinski definition) is 6. The summed E-state index contributed by atoms with van der Waals surface area (Å²) < 4.78 is 51.4. The SMILES string of the molecule is COCC(NC(=O)N1CC(=O)NC2CC(OC)=C(C)N=C21)c1ccc(OC(F)(F)F)cc1. The number of halogens is 3. The molecule has 2 aliphatic rings. The molecular formula is C20H23F3N4O5. The summed E-state index contributed by atoms with van der Waals surface area (Å²) >= 11 is 0. The topological polar surface area (TPSA) is 101 Å². The molecule has 32 heavy (non-hydrogen) atoms. The van der Waals surface area contributed by atoms with Crippen LogP contribution in [0.3, 0.4) is 0 Å². The van der Waals surface area contributed by atoms with Gasteiger partial charge in [0.1, 0.15) is 23.9 Å². The summed E-state index contributed by atoms with van der Waals surface area (Å²) in [5.41, 5.74) is 1.09. The summed E-state index contributed by atoms with van der Waals surface area (Å²) in [6, 6.07) is 3.29. The molecule has 0 radical (unpaired) electrons. The van der Waals surface area contributed by atoms with Gasteiger partial charge in [-0.25, -0.2) is 9.79 Å². The third-order valence-corrected chi connectivity index (χ3v) is 4.94. The molecule has 0 spiro atoms. The molecule has 0 aliphatic carbocycles. The highest BCUT2D eigenvalue weighted by Gasteiger charge is 2.38. The zero-order valence-corrected chi connectivity index (χ0v) is 17.7. The number of urea groups is 1. The highest BCUT2D eigenvalue weighted by molar-refractivity contribution is 6.08. The molecule has 3 rings (SSSR count). The molecule has 2 atom stereocenters. The number of aliphatic imine (C=N–C) groups is 1. The lowest BCUT2D eigenvalue weighted by Gasteiger charge is -2.37. The number of alkyl halides is 3. The lowest BCUT2D eigenvalue weighted by Crippen LogP contribution is -2.62. The number of rotatable bonds is 6. The van der Waals surface area contributed by atoms with E-state index in [4.69, 9.17) is 9.47 Å². The molecule has 2 unspecified atom stereocenters. The second-order valence-electron chi connectivity index (χ2n) is 7.17. The smallest absolute Gasteiger partial charge is 0.499 e. The van der Waals surface area contributed by atoms with Crippen molar-refractivity contribution in [2.24, 2.45) is 4.99 Å². The minimum Gasteiger partial charge on any atom is -0.499 e. The van der Waals surface area contributed by atoms with Crippen LogP contribution in [0.2, 0.25) is 0 Å². The molecule has 1 aromatic carbocycles. The minimum atomic E-state index is -4.80. The van der Waals surface area contributed by atoms with Crippen LogP contribution < -0.4 is 15.4 Å². The van der Waals surface area contributed by atoms with Crippen LogP contribution in [0.1, 0.15) is 24.9 Å². The van der Waals surface area contributed by atoms with Crippen molar-refractivity contribution in [2.45, 2.75) is 31.8 Å². The normalized spacial score (nSPS) is 19.6. The zero-order chi connectivity index (χ0) is 23.5. The van der Waals surface area contributed by atoms with Gasteiger partial charge in [0.15, 0.2) is 0 Å². The number of hydrogen-bond donors (Lipinski definition) is 2. The fourth-order valence-electron chi connectivity index (χ4n) is 3.49. The molecule has 0 aromatic heterocycles. The molecule has 2 heterocycles. The number of nitrogens with one attached hydrogen (secondary N) is 2. The third kappa shape index (κ3) is 5.49. The number of allylic oxidation sites excluding steroid dienone is 1. The summed E-state index contributed by atoms with van der Waals surface area (Å²) in [7, 11) is 2.94. The monoisotopic (exact) mass is 456 g/mol. The van der Waals surface area contributed by atoms with Crippen molar-refractivity contribution < 1.29 is 37.0 Å². The average Bonchev–Trinajstić information content (AvgIpc) is 2.72. The van der Waals surface area contributed by atoms with Crippen LogP contribution in [0.15, 0.2) is 40.7 Å². The number of amides is 3. The number of benzene rings is 1. The molecule has 1 fully saturated rings. The maximum atomic E-state index is 13.0. The Morgan fingerprint density at radius 2 is 2.00 bits per heavy atom. The first-order valence-corrected chi connectivity index (χ1v) is 9.65. The van der Waals surface area contributed by atoms with Crippen LogP contribution in [-0.4, -0.2) is 62.4 Å². The van der Waals surface area contributed by atoms with Crippen molar-refractivity contribution in [3.63, 3.8) is 0 Å². The first-order chi connectivity index (χ1) is 15.1. The van der Waals surface area contributed by atoms with Crippen molar-refractivity contribution in [3.05, 3.63) is 41.3 Å². The van der Waals surface area contributed by atoms with E-state index >= 15 is 0 Å². The van der Waals surface area contributed by atoms with E-state index in [1.807, 2.05) is 0 Å². The van der Waals surface area contributed by atoms with Crippen LogP contribution in [0.5, 0.6) is 5.75 Å². The number of fused-ring (bicyclic) bond motifs is 1. The molecule has 2 N–H and O–H groups in total. The summed E-state index contributed by atoms with van der Waals surface area (Å²) in [5, 5.41) is 5.54. The van der Waals surface area contributed by atoms with E-state index in [9.17, 15) is 22.8 Å². The standard InChI is InChI=1S/C20H23F3N4O5/c1-11-16(31-3)8-14-18(24-11)27(9-17(28)25-14)19(29)26-15(10-30-2)12-4-6-13(7-5-12)32-20(21,22)23/h4-7,14-15H,8-10H2,1-3H3,(H,25,28)(H,26,29). The summed E-state index contributed by atoms with van der Waals surface area (Å²) in [6.07, 6.45) is -4.44. The average molecular weight is 456 g/mol. The van der Waals surface area contributed by atoms with Gasteiger partial charge in [-0.2, -0.15) is 0 Å². The number of methoxy groups -OCH3 is 2. The first kappa shape index (κ1) is 23.4. The lowest BCUT2D eigenvalue weighted by molar-refractivity contribution is -0.274. The molecule has 174 valence electrons. The Morgan fingerprint density at radius 3 is 2.59 bits per heavy atom. The van der Waals surface area contributed by atoms with E-state index in [0.29, 0.717) is 29.3 Å². The van der Waals surface area contributed by atoms with Gasteiger partial charge in [0.2, 0.25) is 5.91 Å². The Balaban J connectivity index is 1.79. The fraction of sp³-hybridized carbons (Fsp3) is 0.450. The Morgan fingerprint density at radius 1 is 1.31 bits per heavy atom. The number of carbonyl (C=O) groups is 2. The van der Waals surface area contributed by atoms with Crippen LogP contribution in [-0.2, 0) is 14.3 Å². The Bertz CT molecular complexity index is 930. The minimum absolute atomic E-state index is 0.0495. The van der Waals surface area contributed by atoms with Crippen molar-refractivity contribution in [1.82, 2.24) is 15.5 Å². The largest absolute Gasteiger partial charge is 0.573 e. The molecule has 1 aromatic rings. The quantitative estimate of drug-likeness (QED) is 0.685. The van der Waals surface area contributed by atoms with E-state index in [0.717, 1.165) is 12.1 Å². The summed E-state index contributed by atoms with van der Waals surface area (Å²) in [5.74, 6) is 0.258. The fourth-order valence-corrected chi connectivity index (χ4v) is 3.49.